The van der Waals surface area contributed by atoms with Gasteiger partial charge in [0.15, 0.2) is 0 Å². The van der Waals surface area contributed by atoms with Crippen LogP contribution in [0.25, 0.3) is 0 Å². The van der Waals surface area contributed by atoms with Crippen molar-refractivity contribution >= 4 is 17.6 Å². The minimum absolute atomic E-state index is 0.00975. The first-order chi connectivity index (χ1) is 8.99. The Morgan fingerprint density at radius 3 is 2.84 bits per heavy atom. The van der Waals surface area contributed by atoms with Gasteiger partial charge in [0.05, 0.1) is 24.3 Å². The molecule has 1 aromatic carbocycles. The summed E-state index contributed by atoms with van der Waals surface area (Å²) in [6.45, 7) is 4.94. The highest BCUT2D eigenvalue weighted by Crippen LogP contribution is 2.33. The molecule has 5 heteroatoms. The van der Waals surface area contributed by atoms with Crippen molar-refractivity contribution < 1.29 is 19.4 Å². The van der Waals surface area contributed by atoms with E-state index in [1.165, 1.54) is 12.1 Å². The van der Waals surface area contributed by atoms with Crippen LogP contribution in [0.2, 0.25) is 0 Å². The zero-order chi connectivity index (χ0) is 14.0. The van der Waals surface area contributed by atoms with Crippen LogP contribution in [0.15, 0.2) is 18.2 Å². The van der Waals surface area contributed by atoms with Gasteiger partial charge in [-0.1, -0.05) is 13.8 Å². The van der Waals surface area contributed by atoms with E-state index in [1.54, 1.807) is 11.0 Å². The molecule has 0 saturated heterocycles. The van der Waals surface area contributed by atoms with Crippen molar-refractivity contribution in [1.82, 2.24) is 0 Å². The molecule has 0 atom stereocenters. The molecule has 0 bridgehead atoms. The van der Waals surface area contributed by atoms with Crippen molar-refractivity contribution in [3.63, 3.8) is 0 Å². The molecule has 1 aliphatic rings. The number of benzene rings is 1. The maximum atomic E-state index is 12.1. The van der Waals surface area contributed by atoms with Crippen molar-refractivity contribution in [2.24, 2.45) is 5.92 Å². The Balaban J connectivity index is 2.42. The number of fused-ring (bicyclic) bond motifs is 1. The van der Waals surface area contributed by atoms with Gasteiger partial charge < -0.3 is 14.7 Å². The standard InChI is InChI=1S/C14H17NO4/c1-9(2)8-15-11-4-3-10(14(17)18)7-12(11)19-6-5-13(15)16/h3-4,7,9H,5-6,8H2,1-2H3,(H,17,18). The lowest BCUT2D eigenvalue weighted by atomic mass is 10.1. The van der Waals surface area contributed by atoms with Crippen LogP contribution < -0.4 is 9.64 Å². The molecule has 0 saturated carbocycles. The van der Waals surface area contributed by atoms with Gasteiger partial charge in [-0.3, -0.25) is 4.79 Å². The van der Waals surface area contributed by atoms with E-state index in [1.807, 2.05) is 13.8 Å². The van der Waals surface area contributed by atoms with Crippen LogP contribution in [0.1, 0.15) is 30.6 Å². The molecule has 0 radical (unpaired) electrons. The summed E-state index contributed by atoms with van der Waals surface area (Å²) in [5, 5.41) is 8.98. The molecule has 0 spiro atoms. The number of carbonyl (C=O) groups is 2. The molecule has 0 unspecified atom stereocenters. The maximum Gasteiger partial charge on any atom is 0.335 e. The summed E-state index contributed by atoms with van der Waals surface area (Å²) in [6, 6.07) is 4.62. The molecule has 102 valence electrons. The maximum absolute atomic E-state index is 12.1. The average Bonchev–Trinajstić information content (AvgIpc) is 2.49. The minimum atomic E-state index is -1.00. The topological polar surface area (TPSA) is 66.8 Å². The van der Waals surface area contributed by atoms with Gasteiger partial charge >= 0.3 is 5.97 Å². The number of nitrogens with zero attached hydrogens (tertiary/aromatic N) is 1. The van der Waals surface area contributed by atoms with Crippen molar-refractivity contribution in [1.29, 1.82) is 0 Å². The van der Waals surface area contributed by atoms with Crippen molar-refractivity contribution in [3.05, 3.63) is 23.8 Å². The molecule has 0 fully saturated rings. The second kappa shape index (κ2) is 5.30. The fourth-order valence-corrected chi connectivity index (χ4v) is 2.07. The number of carboxylic acids is 1. The summed E-state index contributed by atoms with van der Waals surface area (Å²) in [5.41, 5.74) is 0.818. The number of hydrogen-bond acceptors (Lipinski definition) is 3. The highest BCUT2D eigenvalue weighted by molar-refractivity contribution is 5.97. The number of hydrogen-bond donors (Lipinski definition) is 1. The van der Waals surface area contributed by atoms with Crippen LogP contribution in [0.3, 0.4) is 0 Å². The van der Waals surface area contributed by atoms with E-state index in [9.17, 15) is 9.59 Å². The lowest BCUT2D eigenvalue weighted by molar-refractivity contribution is -0.118. The van der Waals surface area contributed by atoms with Gasteiger partial charge in [-0.2, -0.15) is 0 Å². The summed E-state index contributed by atoms with van der Waals surface area (Å²) in [7, 11) is 0. The van der Waals surface area contributed by atoms with E-state index in [0.29, 0.717) is 30.3 Å². The quantitative estimate of drug-likeness (QED) is 0.907. The second-order valence-electron chi connectivity index (χ2n) is 4.98. The molecule has 0 aliphatic carbocycles. The third-order valence-electron chi connectivity index (χ3n) is 2.92. The van der Waals surface area contributed by atoms with E-state index in [0.717, 1.165) is 0 Å². The number of carboxylic acid groups (broad SMARTS) is 1. The fraction of sp³-hybridized carbons (Fsp3) is 0.429. The number of carbonyl (C=O) groups excluding carboxylic acids is 1. The van der Waals surface area contributed by atoms with Crippen LogP contribution >= 0.6 is 0 Å². The van der Waals surface area contributed by atoms with Gasteiger partial charge in [-0.25, -0.2) is 4.79 Å². The van der Waals surface area contributed by atoms with Crippen LogP contribution in [0, 0.1) is 5.92 Å². The summed E-state index contributed by atoms with van der Waals surface area (Å²) in [6.07, 6.45) is 0.309. The highest BCUT2D eigenvalue weighted by Gasteiger charge is 2.24. The van der Waals surface area contributed by atoms with Crippen molar-refractivity contribution in [2.75, 3.05) is 18.1 Å². The predicted molar refractivity (Wildman–Crippen MR) is 70.7 cm³/mol. The average molecular weight is 263 g/mol. The molecule has 1 amide bonds. The highest BCUT2D eigenvalue weighted by atomic mass is 16.5. The smallest absolute Gasteiger partial charge is 0.335 e. The van der Waals surface area contributed by atoms with E-state index in [4.69, 9.17) is 9.84 Å². The summed E-state index contributed by atoms with van der Waals surface area (Å²) >= 11 is 0. The van der Waals surface area contributed by atoms with E-state index in [2.05, 4.69) is 0 Å². The molecular formula is C14H17NO4. The lowest BCUT2D eigenvalue weighted by Gasteiger charge is -2.23. The van der Waals surface area contributed by atoms with Crippen LogP contribution in [0.5, 0.6) is 5.75 Å². The third-order valence-corrected chi connectivity index (χ3v) is 2.92. The van der Waals surface area contributed by atoms with E-state index in [-0.39, 0.29) is 18.1 Å². The normalized spacial score (nSPS) is 14.9. The van der Waals surface area contributed by atoms with Gasteiger partial charge in [0.1, 0.15) is 5.75 Å². The fourth-order valence-electron chi connectivity index (χ4n) is 2.07. The van der Waals surface area contributed by atoms with E-state index >= 15 is 0 Å². The Morgan fingerprint density at radius 2 is 2.21 bits per heavy atom. The first-order valence-corrected chi connectivity index (χ1v) is 6.29. The number of aromatic carboxylic acids is 1. The van der Waals surface area contributed by atoms with Crippen LogP contribution in [0.4, 0.5) is 5.69 Å². The van der Waals surface area contributed by atoms with E-state index < -0.39 is 5.97 Å². The molecule has 1 aromatic rings. The molecule has 19 heavy (non-hydrogen) atoms. The zero-order valence-electron chi connectivity index (χ0n) is 11.0. The molecule has 2 rings (SSSR count). The number of anilines is 1. The Labute approximate surface area is 111 Å². The van der Waals surface area contributed by atoms with Gasteiger partial charge in [0.2, 0.25) is 5.91 Å². The second-order valence-corrected chi connectivity index (χ2v) is 4.98. The SMILES string of the molecule is CC(C)CN1C(=O)CCOc2cc(C(=O)O)ccc21. The zero-order valence-corrected chi connectivity index (χ0v) is 11.0. The molecule has 1 heterocycles. The third kappa shape index (κ3) is 2.86. The van der Waals surface area contributed by atoms with Gasteiger partial charge in [0, 0.05) is 6.54 Å². The van der Waals surface area contributed by atoms with Gasteiger partial charge in [-0.05, 0) is 24.1 Å². The monoisotopic (exact) mass is 263 g/mol. The van der Waals surface area contributed by atoms with Gasteiger partial charge in [0.25, 0.3) is 0 Å². The summed E-state index contributed by atoms with van der Waals surface area (Å²) in [4.78, 5) is 24.7. The Hall–Kier alpha value is -2.04. The Kier molecular flexibility index (Phi) is 3.74. The predicted octanol–water partition coefficient (Wildman–Crippen LogP) is 2.16. The summed E-state index contributed by atoms with van der Waals surface area (Å²) < 4.78 is 5.50. The number of amides is 1. The largest absolute Gasteiger partial charge is 0.491 e. The van der Waals surface area contributed by atoms with Crippen LogP contribution in [-0.4, -0.2) is 30.1 Å². The van der Waals surface area contributed by atoms with Crippen LogP contribution in [-0.2, 0) is 4.79 Å². The first kappa shape index (κ1) is 13.4. The molecule has 1 aliphatic heterocycles. The molecule has 0 aromatic heterocycles. The molecular weight excluding hydrogens is 246 g/mol. The first-order valence-electron chi connectivity index (χ1n) is 6.29. The van der Waals surface area contributed by atoms with Crippen molar-refractivity contribution in [3.8, 4) is 5.75 Å². The minimum Gasteiger partial charge on any atom is -0.491 e. The Bertz CT molecular complexity index is 510. The number of ether oxygens (including phenoxy) is 1. The summed E-state index contributed by atoms with van der Waals surface area (Å²) in [5.74, 6) is -0.201. The Morgan fingerprint density at radius 1 is 1.47 bits per heavy atom. The van der Waals surface area contributed by atoms with Gasteiger partial charge in [-0.15, -0.1) is 0 Å². The lowest BCUT2D eigenvalue weighted by Crippen LogP contribution is -2.33. The van der Waals surface area contributed by atoms with Crippen molar-refractivity contribution in [2.45, 2.75) is 20.3 Å². The molecule has 5 nitrogen and oxygen atoms in total. The molecule has 1 N–H and O–H groups in total. The number of rotatable bonds is 3.